The lowest BCUT2D eigenvalue weighted by Crippen LogP contribution is -2.08. The minimum absolute atomic E-state index is 0.492. The van der Waals surface area contributed by atoms with Crippen LogP contribution in [0.4, 0.5) is 5.95 Å². The Bertz CT molecular complexity index is 842. The molecule has 7 nitrogen and oxygen atoms in total. The number of ether oxygens (including phenoxy) is 1. The second kappa shape index (κ2) is 6.91. The van der Waals surface area contributed by atoms with Crippen molar-refractivity contribution in [3.8, 4) is 11.6 Å². The summed E-state index contributed by atoms with van der Waals surface area (Å²) in [5.74, 6) is 1.91. The van der Waals surface area contributed by atoms with E-state index in [1.807, 2.05) is 31.2 Å². The van der Waals surface area contributed by atoms with Crippen molar-refractivity contribution in [1.82, 2.24) is 19.7 Å². The molecule has 0 saturated carbocycles. The van der Waals surface area contributed by atoms with E-state index in [2.05, 4.69) is 20.4 Å². The quantitative estimate of drug-likeness (QED) is 0.702. The van der Waals surface area contributed by atoms with Gasteiger partial charge in [0.05, 0.1) is 24.6 Å². The molecule has 1 aromatic carbocycles. The molecule has 0 fully saturated rings. The second-order valence-electron chi connectivity index (χ2n) is 5.16. The van der Waals surface area contributed by atoms with Gasteiger partial charge in [0.2, 0.25) is 5.95 Å². The zero-order chi connectivity index (χ0) is 16.9. The SMILES string of the molecule is COc1ccc(CNc2nccc(-n3ncc(C=O)c3C)n2)cc1. The molecule has 3 rings (SSSR count). The number of anilines is 1. The third kappa shape index (κ3) is 3.24. The number of benzene rings is 1. The minimum Gasteiger partial charge on any atom is -0.497 e. The van der Waals surface area contributed by atoms with Crippen molar-refractivity contribution in [2.45, 2.75) is 13.5 Å². The van der Waals surface area contributed by atoms with Gasteiger partial charge in [-0.05, 0) is 24.6 Å². The van der Waals surface area contributed by atoms with Crippen molar-refractivity contribution >= 4 is 12.2 Å². The predicted octanol–water partition coefficient (Wildman–Crippen LogP) is 2.40. The number of rotatable bonds is 6. The van der Waals surface area contributed by atoms with Gasteiger partial charge in [0.15, 0.2) is 12.1 Å². The van der Waals surface area contributed by atoms with E-state index in [1.165, 1.54) is 6.20 Å². The zero-order valence-electron chi connectivity index (χ0n) is 13.4. The van der Waals surface area contributed by atoms with E-state index in [0.29, 0.717) is 23.9 Å². The maximum absolute atomic E-state index is 10.9. The molecule has 1 N–H and O–H groups in total. The van der Waals surface area contributed by atoms with Gasteiger partial charge in [0.1, 0.15) is 5.75 Å². The molecule has 0 amide bonds. The Morgan fingerprint density at radius 3 is 2.71 bits per heavy atom. The van der Waals surface area contributed by atoms with Gasteiger partial charge in [0.25, 0.3) is 0 Å². The molecular formula is C17H17N5O2. The molecule has 3 aromatic rings. The molecule has 2 heterocycles. The van der Waals surface area contributed by atoms with Gasteiger partial charge in [-0.3, -0.25) is 4.79 Å². The number of nitrogens with one attached hydrogen (secondary N) is 1. The molecular weight excluding hydrogens is 306 g/mol. The summed E-state index contributed by atoms with van der Waals surface area (Å²) in [6.45, 7) is 2.41. The van der Waals surface area contributed by atoms with E-state index >= 15 is 0 Å². The molecule has 0 aliphatic carbocycles. The molecule has 0 atom stereocenters. The number of carbonyl (C=O) groups excluding carboxylic acids is 1. The molecule has 0 radical (unpaired) electrons. The highest BCUT2D eigenvalue weighted by Gasteiger charge is 2.09. The highest BCUT2D eigenvalue weighted by Crippen LogP contribution is 2.14. The lowest BCUT2D eigenvalue weighted by Gasteiger charge is -2.08. The van der Waals surface area contributed by atoms with Crippen LogP contribution in [0, 0.1) is 6.92 Å². The summed E-state index contributed by atoms with van der Waals surface area (Å²) in [6.07, 6.45) is 3.96. The van der Waals surface area contributed by atoms with E-state index in [9.17, 15) is 4.79 Å². The Morgan fingerprint density at radius 1 is 1.25 bits per heavy atom. The molecule has 24 heavy (non-hydrogen) atoms. The zero-order valence-corrected chi connectivity index (χ0v) is 13.4. The fraction of sp³-hybridized carbons (Fsp3) is 0.176. The predicted molar refractivity (Wildman–Crippen MR) is 89.6 cm³/mol. The number of carbonyl (C=O) groups is 1. The van der Waals surface area contributed by atoms with Gasteiger partial charge in [-0.1, -0.05) is 12.1 Å². The fourth-order valence-corrected chi connectivity index (χ4v) is 2.25. The van der Waals surface area contributed by atoms with Crippen LogP contribution in [-0.2, 0) is 6.54 Å². The Hall–Kier alpha value is -3.22. The van der Waals surface area contributed by atoms with Crippen molar-refractivity contribution < 1.29 is 9.53 Å². The number of methoxy groups -OCH3 is 1. The summed E-state index contributed by atoms with van der Waals surface area (Å²) in [5, 5.41) is 7.36. The minimum atomic E-state index is 0.492. The normalized spacial score (nSPS) is 10.4. The Balaban J connectivity index is 1.75. The summed E-state index contributed by atoms with van der Waals surface area (Å²) in [7, 11) is 1.64. The van der Waals surface area contributed by atoms with E-state index in [-0.39, 0.29) is 0 Å². The van der Waals surface area contributed by atoms with Gasteiger partial charge in [0, 0.05) is 18.8 Å². The van der Waals surface area contributed by atoms with Crippen LogP contribution in [0.3, 0.4) is 0 Å². The third-order valence-corrected chi connectivity index (χ3v) is 3.64. The van der Waals surface area contributed by atoms with Crippen LogP contribution in [0.25, 0.3) is 5.82 Å². The summed E-state index contributed by atoms with van der Waals surface area (Å²) in [5.41, 5.74) is 2.37. The first kappa shape index (κ1) is 15.7. The number of nitrogens with zero attached hydrogens (tertiary/aromatic N) is 4. The molecule has 0 unspecified atom stereocenters. The van der Waals surface area contributed by atoms with E-state index in [1.54, 1.807) is 24.1 Å². The first-order valence-corrected chi connectivity index (χ1v) is 7.41. The number of aldehydes is 1. The molecule has 0 aliphatic rings. The number of aromatic nitrogens is 4. The maximum Gasteiger partial charge on any atom is 0.224 e. The lowest BCUT2D eigenvalue weighted by molar-refractivity contribution is 0.112. The first-order chi connectivity index (χ1) is 11.7. The average molecular weight is 323 g/mol. The van der Waals surface area contributed by atoms with Gasteiger partial charge in [-0.2, -0.15) is 10.1 Å². The largest absolute Gasteiger partial charge is 0.497 e. The van der Waals surface area contributed by atoms with Crippen molar-refractivity contribution in [3.63, 3.8) is 0 Å². The highest BCUT2D eigenvalue weighted by atomic mass is 16.5. The summed E-state index contributed by atoms with van der Waals surface area (Å²) in [4.78, 5) is 19.6. The van der Waals surface area contributed by atoms with Crippen LogP contribution >= 0.6 is 0 Å². The van der Waals surface area contributed by atoms with Crippen molar-refractivity contribution in [3.05, 3.63) is 59.5 Å². The van der Waals surface area contributed by atoms with E-state index < -0.39 is 0 Å². The molecule has 0 bridgehead atoms. The van der Waals surface area contributed by atoms with Crippen LogP contribution in [0.1, 0.15) is 21.6 Å². The summed E-state index contributed by atoms with van der Waals surface area (Å²) in [6, 6.07) is 9.51. The molecule has 2 aromatic heterocycles. The van der Waals surface area contributed by atoms with Crippen molar-refractivity contribution in [1.29, 1.82) is 0 Å². The van der Waals surface area contributed by atoms with Crippen LogP contribution in [0.5, 0.6) is 5.75 Å². The smallest absolute Gasteiger partial charge is 0.224 e. The molecule has 7 heteroatoms. The standard InChI is InChI=1S/C17H17N5O2/c1-12-14(11-23)10-20-22(12)16-7-8-18-17(21-16)19-9-13-3-5-15(24-2)6-4-13/h3-8,10-11H,9H2,1-2H3,(H,18,19,21). The van der Waals surface area contributed by atoms with Crippen LogP contribution in [0.15, 0.2) is 42.7 Å². The van der Waals surface area contributed by atoms with Crippen LogP contribution < -0.4 is 10.1 Å². The maximum atomic E-state index is 10.9. The van der Waals surface area contributed by atoms with Crippen LogP contribution in [-0.4, -0.2) is 33.1 Å². The number of hydrogen-bond donors (Lipinski definition) is 1. The second-order valence-corrected chi connectivity index (χ2v) is 5.16. The highest BCUT2D eigenvalue weighted by molar-refractivity contribution is 5.76. The Labute approximate surface area is 139 Å². The Kier molecular flexibility index (Phi) is 4.51. The fourth-order valence-electron chi connectivity index (χ4n) is 2.25. The molecule has 122 valence electrons. The van der Waals surface area contributed by atoms with Gasteiger partial charge < -0.3 is 10.1 Å². The van der Waals surface area contributed by atoms with Gasteiger partial charge >= 0.3 is 0 Å². The number of hydrogen-bond acceptors (Lipinski definition) is 6. The van der Waals surface area contributed by atoms with Gasteiger partial charge in [-0.15, -0.1) is 0 Å². The molecule has 0 aliphatic heterocycles. The third-order valence-electron chi connectivity index (χ3n) is 3.64. The van der Waals surface area contributed by atoms with E-state index in [4.69, 9.17) is 4.74 Å². The monoisotopic (exact) mass is 323 g/mol. The summed E-state index contributed by atoms with van der Waals surface area (Å²) >= 11 is 0. The first-order valence-electron chi connectivity index (χ1n) is 7.41. The summed E-state index contributed by atoms with van der Waals surface area (Å²) < 4.78 is 6.75. The van der Waals surface area contributed by atoms with Gasteiger partial charge in [-0.25, -0.2) is 9.67 Å². The van der Waals surface area contributed by atoms with Crippen LogP contribution in [0.2, 0.25) is 0 Å². The Morgan fingerprint density at radius 2 is 2.04 bits per heavy atom. The van der Waals surface area contributed by atoms with E-state index in [0.717, 1.165) is 23.3 Å². The molecule has 0 spiro atoms. The lowest BCUT2D eigenvalue weighted by atomic mass is 10.2. The topological polar surface area (TPSA) is 81.9 Å². The van der Waals surface area contributed by atoms with Crippen molar-refractivity contribution in [2.24, 2.45) is 0 Å². The molecule has 0 saturated heterocycles. The van der Waals surface area contributed by atoms with Crippen molar-refractivity contribution in [2.75, 3.05) is 12.4 Å². The average Bonchev–Trinajstić information content (AvgIpc) is 3.01.